The van der Waals surface area contributed by atoms with Crippen molar-refractivity contribution < 1.29 is 18.9 Å². The summed E-state index contributed by atoms with van der Waals surface area (Å²) in [6.07, 6.45) is 2.58. The van der Waals surface area contributed by atoms with E-state index in [1.807, 2.05) is 0 Å². The minimum atomic E-state index is 0. The van der Waals surface area contributed by atoms with Crippen LogP contribution >= 0.6 is 8.58 Å². The molecule has 0 fully saturated rings. The van der Waals surface area contributed by atoms with Gasteiger partial charge in [-0.05, 0) is 17.9 Å². The molecule has 0 saturated heterocycles. The van der Waals surface area contributed by atoms with E-state index in [1.54, 1.807) is 0 Å². The molecular weight excluding hydrogens is 146 g/mol. The van der Waals surface area contributed by atoms with Gasteiger partial charge in [-0.15, -0.1) is 8.58 Å². The van der Waals surface area contributed by atoms with Crippen LogP contribution in [0.2, 0.25) is 0 Å². The molecule has 0 saturated carbocycles. The average Bonchev–Trinajstić information content (AvgIpc) is 2.03. The molecule has 0 aliphatic rings. The fourth-order valence-corrected chi connectivity index (χ4v) is 1.64. The summed E-state index contributed by atoms with van der Waals surface area (Å²) in [7, 11) is 1.09. The third kappa shape index (κ3) is 4.65. The Morgan fingerprint density at radius 1 is 1.18 bits per heavy atom. The van der Waals surface area contributed by atoms with Gasteiger partial charge in [0.2, 0.25) is 0 Å². The van der Waals surface area contributed by atoms with Crippen LogP contribution in [0.1, 0.15) is 12.5 Å². The predicted molar refractivity (Wildman–Crippen MR) is 49.0 cm³/mol. The molecule has 54 valence electrons. The van der Waals surface area contributed by atoms with Crippen LogP contribution in [-0.4, -0.2) is 6.16 Å². The van der Waals surface area contributed by atoms with Gasteiger partial charge in [0.1, 0.15) is 0 Å². The summed E-state index contributed by atoms with van der Waals surface area (Å²) in [5.41, 5.74) is 1.47. The van der Waals surface area contributed by atoms with Gasteiger partial charge >= 0.3 is 18.9 Å². The van der Waals surface area contributed by atoms with Crippen molar-refractivity contribution in [3.8, 4) is 0 Å². The van der Waals surface area contributed by atoms with Crippen molar-refractivity contribution >= 4 is 8.58 Å². The van der Waals surface area contributed by atoms with Crippen molar-refractivity contribution in [3.05, 3.63) is 35.9 Å². The maximum atomic E-state index is 2.24. The molecule has 1 aromatic carbocycles. The molecular formula is C9H13LiP+. The van der Waals surface area contributed by atoms with Gasteiger partial charge in [-0.3, -0.25) is 0 Å². The molecule has 0 N–H and O–H groups in total. The Hall–Kier alpha value is 0.247. The van der Waals surface area contributed by atoms with Crippen LogP contribution < -0.4 is 18.9 Å². The van der Waals surface area contributed by atoms with E-state index >= 15 is 0 Å². The molecule has 0 bridgehead atoms. The first-order chi connectivity index (χ1) is 4.93. The molecule has 0 amide bonds. The molecule has 11 heavy (non-hydrogen) atoms. The second kappa shape index (κ2) is 6.93. The summed E-state index contributed by atoms with van der Waals surface area (Å²) in [4.78, 5) is 0. The summed E-state index contributed by atoms with van der Waals surface area (Å²) in [6, 6.07) is 10.7. The van der Waals surface area contributed by atoms with E-state index in [4.69, 9.17) is 0 Å². The normalized spacial score (nSPS) is 9.91. The van der Waals surface area contributed by atoms with Crippen molar-refractivity contribution in [1.82, 2.24) is 0 Å². The summed E-state index contributed by atoms with van der Waals surface area (Å²) >= 11 is 0. The van der Waals surface area contributed by atoms with Crippen molar-refractivity contribution in [3.63, 3.8) is 0 Å². The van der Waals surface area contributed by atoms with E-state index in [-0.39, 0.29) is 18.9 Å². The van der Waals surface area contributed by atoms with E-state index in [9.17, 15) is 0 Å². The average molecular weight is 159 g/mol. The van der Waals surface area contributed by atoms with Crippen LogP contribution in [-0.2, 0) is 6.16 Å². The predicted octanol–water partition coefficient (Wildman–Crippen LogP) is -0.111. The molecule has 1 unspecified atom stereocenters. The van der Waals surface area contributed by atoms with E-state index in [0.29, 0.717) is 0 Å². The van der Waals surface area contributed by atoms with Crippen LogP contribution in [0.5, 0.6) is 0 Å². The fraction of sp³-hybridized carbons (Fsp3) is 0.333. The van der Waals surface area contributed by atoms with Crippen LogP contribution in [0.15, 0.2) is 30.3 Å². The van der Waals surface area contributed by atoms with Crippen LogP contribution in [0.25, 0.3) is 0 Å². The maximum Gasteiger partial charge on any atom is 1.00 e. The molecule has 0 aliphatic heterocycles. The number of hydrogen-bond acceptors (Lipinski definition) is 0. The zero-order chi connectivity index (χ0) is 7.23. The molecule has 0 spiro atoms. The number of benzene rings is 1. The minimum Gasteiger partial charge on any atom is -0.118 e. The Morgan fingerprint density at radius 3 is 2.36 bits per heavy atom. The van der Waals surface area contributed by atoms with Gasteiger partial charge in [-0.25, -0.2) is 0 Å². The van der Waals surface area contributed by atoms with Crippen LogP contribution in [0.4, 0.5) is 0 Å². The van der Waals surface area contributed by atoms with Crippen molar-refractivity contribution in [2.75, 3.05) is 6.16 Å². The standard InChI is InChI=1S/C9H13P.Li/c1-2-10-8-9-6-4-3-5-7-9;/h3-7,10H,2,8H2,1H3;/q;+1. The molecule has 0 nitrogen and oxygen atoms in total. The van der Waals surface area contributed by atoms with Crippen LogP contribution in [0, 0.1) is 0 Å². The van der Waals surface area contributed by atoms with Gasteiger partial charge in [-0.2, -0.15) is 0 Å². The van der Waals surface area contributed by atoms with E-state index in [1.165, 1.54) is 17.9 Å². The third-order valence-electron chi connectivity index (χ3n) is 1.42. The third-order valence-corrected chi connectivity index (χ3v) is 2.58. The van der Waals surface area contributed by atoms with Gasteiger partial charge in [0.15, 0.2) is 0 Å². The molecule has 1 atom stereocenters. The minimum absolute atomic E-state index is 0. The van der Waals surface area contributed by atoms with Crippen LogP contribution in [0.3, 0.4) is 0 Å². The summed E-state index contributed by atoms with van der Waals surface area (Å²) in [6.45, 7) is 2.24. The SMILES string of the molecule is CCPCc1ccccc1.[Li+]. The van der Waals surface area contributed by atoms with Gasteiger partial charge in [0, 0.05) is 0 Å². The first kappa shape index (κ1) is 11.2. The molecule has 1 rings (SSSR count). The number of rotatable bonds is 3. The summed E-state index contributed by atoms with van der Waals surface area (Å²) in [5, 5.41) is 0. The second-order valence-electron chi connectivity index (χ2n) is 2.27. The Labute approximate surface area is 82.7 Å². The van der Waals surface area contributed by atoms with Crippen molar-refractivity contribution in [2.45, 2.75) is 13.1 Å². The van der Waals surface area contributed by atoms with Crippen molar-refractivity contribution in [1.29, 1.82) is 0 Å². The Bertz CT molecular complexity index is 174. The Morgan fingerprint density at radius 2 is 1.82 bits per heavy atom. The monoisotopic (exact) mass is 159 g/mol. The molecule has 0 heterocycles. The largest absolute Gasteiger partial charge is 1.00 e. The topological polar surface area (TPSA) is 0 Å². The molecule has 0 aromatic heterocycles. The van der Waals surface area contributed by atoms with Gasteiger partial charge in [0.05, 0.1) is 0 Å². The van der Waals surface area contributed by atoms with E-state index < -0.39 is 0 Å². The summed E-state index contributed by atoms with van der Waals surface area (Å²) < 4.78 is 0. The Balaban J connectivity index is 0.000001000. The summed E-state index contributed by atoms with van der Waals surface area (Å²) in [5.74, 6) is 0. The van der Waals surface area contributed by atoms with E-state index in [0.717, 1.165) is 8.58 Å². The molecule has 2 heteroatoms. The molecule has 0 radical (unpaired) electrons. The maximum absolute atomic E-state index is 2.24. The van der Waals surface area contributed by atoms with Crippen molar-refractivity contribution in [2.24, 2.45) is 0 Å². The van der Waals surface area contributed by atoms with Gasteiger partial charge < -0.3 is 0 Å². The molecule has 1 aromatic rings. The smallest absolute Gasteiger partial charge is 0.118 e. The number of hydrogen-bond donors (Lipinski definition) is 0. The first-order valence-electron chi connectivity index (χ1n) is 3.68. The zero-order valence-corrected chi connectivity index (χ0v) is 8.30. The fourth-order valence-electron chi connectivity index (χ4n) is 0.865. The van der Waals surface area contributed by atoms with Gasteiger partial charge in [-0.1, -0.05) is 37.3 Å². The quantitative estimate of drug-likeness (QED) is 0.426. The molecule has 0 aliphatic carbocycles. The first-order valence-corrected chi connectivity index (χ1v) is 5.09. The zero-order valence-electron chi connectivity index (χ0n) is 7.30. The van der Waals surface area contributed by atoms with Gasteiger partial charge in [0.25, 0.3) is 0 Å². The van der Waals surface area contributed by atoms with E-state index in [2.05, 4.69) is 37.3 Å². The Kier molecular flexibility index (Phi) is 7.08. The second-order valence-corrected chi connectivity index (χ2v) is 3.83.